The average Bonchev–Trinajstić information content (AvgIpc) is 3.05. The molecule has 5 nitrogen and oxygen atoms in total. The molecule has 1 aliphatic heterocycles. The van der Waals surface area contributed by atoms with Crippen molar-refractivity contribution in [2.75, 3.05) is 13.2 Å². The predicted octanol–water partition coefficient (Wildman–Crippen LogP) is 4.87. The smallest absolute Gasteiger partial charge is 0.416 e. The van der Waals surface area contributed by atoms with E-state index < -0.39 is 26.4 Å². The van der Waals surface area contributed by atoms with Gasteiger partial charge in [-0.15, -0.1) is 6.58 Å². The molecule has 0 aromatic heterocycles. The molecule has 0 radical (unpaired) electrons. The number of amides is 2. The van der Waals surface area contributed by atoms with Crippen LogP contribution in [0.4, 0.5) is 4.79 Å². The van der Waals surface area contributed by atoms with Crippen LogP contribution >= 0.6 is 0 Å². The fourth-order valence-corrected chi connectivity index (χ4v) is 3.93. The molecule has 6 heteroatoms. The fraction of sp³-hybridized carbons (Fsp3) is 0.455. The summed E-state index contributed by atoms with van der Waals surface area (Å²) >= 11 is 0. The van der Waals surface area contributed by atoms with E-state index in [1.807, 2.05) is 42.5 Å². The first kappa shape index (κ1) is 22.1. The zero-order valence-electron chi connectivity index (χ0n) is 17.5. The van der Waals surface area contributed by atoms with Crippen molar-refractivity contribution in [3.8, 4) is 0 Å². The molecule has 2 amide bonds. The Bertz CT molecular complexity index is 737. The van der Waals surface area contributed by atoms with Crippen LogP contribution in [0.3, 0.4) is 0 Å². The molecule has 152 valence electrons. The van der Waals surface area contributed by atoms with Crippen LogP contribution < -0.4 is 0 Å². The molecule has 0 unspecified atom stereocenters. The highest BCUT2D eigenvalue weighted by molar-refractivity contribution is 6.74. The third kappa shape index (κ3) is 5.20. The van der Waals surface area contributed by atoms with Gasteiger partial charge < -0.3 is 9.16 Å². The Morgan fingerprint density at radius 2 is 1.93 bits per heavy atom. The first-order chi connectivity index (χ1) is 13.1. The van der Waals surface area contributed by atoms with Crippen molar-refractivity contribution >= 4 is 26.4 Å². The molecule has 1 aliphatic rings. The summed E-state index contributed by atoms with van der Waals surface area (Å²) in [4.78, 5) is 26.1. The molecule has 0 saturated carbocycles. The normalized spacial score (nSPS) is 17.5. The van der Waals surface area contributed by atoms with E-state index in [0.29, 0.717) is 0 Å². The highest BCUT2D eigenvalue weighted by atomic mass is 28.4. The first-order valence-electron chi connectivity index (χ1n) is 9.58. The molecule has 0 N–H and O–H groups in total. The maximum Gasteiger partial charge on any atom is 0.416 e. The summed E-state index contributed by atoms with van der Waals surface area (Å²) in [5.74, 6) is -1.00. The third-order valence-electron chi connectivity index (χ3n) is 5.43. The van der Waals surface area contributed by atoms with E-state index in [0.717, 1.165) is 10.5 Å². The molecule has 1 saturated heterocycles. The lowest BCUT2D eigenvalue weighted by molar-refractivity contribution is -0.132. The van der Waals surface area contributed by atoms with Crippen molar-refractivity contribution in [1.82, 2.24) is 4.90 Å². The Hall–Kier alpha value is -2.18. The Kier molecular flexibility index (Phi) is 7.01. The average molecular weight is 402 g/mol. The van der Waals surface area contributed by atoms with Crippen LogP contribution in [-0.4, -0.2) is 44.5 Å². The molecule has 1 heterocycles. The zero-order chi connectivity index (χ0) is 20.9. The second-order valence-corrected chi connectivity index (χ2v) is 13.2. The number of imide groups is 1. The number of carbonyl (C=O) groups excluding carboxylic acids is 2. The van der Waals surface area contributed by atoms with Crippen LogP contribution in [-0.2, 0) is 14.0 Å². The topological polar surface area (TPSA) is 55.8 Å². The van der Waals surface area contributed by atoms with Crippen LogP contribution in [0.1, 0.15) is 26.3 Å². The number of hydrogen-bond acceptors (Lipinski definition) is 4. The largest absolute Gasteiger partial charge is 0.447 e. The number of cyclic esters (lactones) is 1. The summed E-state index contributed by atoms with van der Waals surface area (Å²) in [6, 6.07) is 9.85. The van der Waals surface area contributed by atoms with E-state index in [-0.39, 0.29) is 24.1 Å². The van der Waals surface area contributed by atoms with Crippen molar-refractivity contribution < 1.29 is 18.8 Å². The lowest BCUT2D eigenvalue weighted by Gasteiger charge is -2.40. The molecule has 0 aliphatic carbocycles. The van der Waals surface area contributed by atoms with E-state index >= 15 is 0 Å². The quantitative estimate of drug-likeness (QED) is 0.483. The molecule has 1 fully saturated rings. The SMILES string of the molecule is C=C[C@@H](C(=O)N1CCOC1=O)[C@H](/C=C/c1ccccc1)O[Si](C)(C)C(C)(C)C. The number of carbonyl (C=O) groups is 2. The summed E-state index contributed by atoms with van der Waals surface area (Å²) in [5, 5.41) is -0.0207. The molecule has 2 rings (SSSR count). The Morgan fingerprint density at radius 3 is 2.43 bits per heavy atom. The van der Waals surface area contributed by atoms with Crippen LogP contribution in [0.25, 0.3) is 6.08 Å². The van der Waals surface area contributed by atoms with Crippen LogP contribution in [0, 0.1) is 5.92 Å². The second-order valence-electron chi connectivity index (χ2n) is 8.48. The van der Waals surface area contributed by atoms with E-state index in [9.17, 15) is 9.59 Å². The summed E-state index contributed by atoms with van der Waals surface area (Å²) in [6.45, 7) is 15.1. The molecule has 0 spiro atoms. The standard InChI is InChI=1S/C22H31NO4Si/c1-7-18(20(24)23-15-16-26-21(23)25)19(27-28(5,6)22(2,3)4)14-13-17-11-9-8-10-12-17/h7-14,18-19H,1,15-16H2,2-6H3/b14-13+/t18-,19+/m1/s1. The van der Waals surface area contributed by atoms with Gasteiger partial charge in [-0.25, -0.2) is 9.69 Å². The molecule has 0 bridgehead atoms. The van der Waals surface area contributed by atoms with Crippen molar-refractivity contribution in [3.63, 3.8) is 0 Å². The number of ether oxygens (including phenoxy) is 1. The molecular weight excluding hydrogens is 370 g/mol. The lowest BCUT2D eigenvalue weighted by Crippen LogP contribution is -2.48. The van der Waals surface area contributed by atoms with Gasteiger partial charge in [-0.1, -0.05) is 69.3 Å². The lowest BCUT2D eigenvalue weighted by atomic mass is 9.99. The fourth-order valence-electron chi connectivity index (χ4n) is 2.67. The molecule has 28 heavy (non-hydrogen) atoms. The van der Waals surface area contributed by atoms with Gasteiger partial charge in [0.1, 0.15) is 6.61 Å². The minimum absolute atomic E-state index is 0.0207. The molecular formula is C22H31NO4Si. The van der Waals surface area contributed by atoms with Gasteiger partial charge in [-0.05, 0) is 23.7 Å². The van der Waals surface area contributed by atoms with Gasteiger partial charge in [-0.3, -0.25) is 4.79 Å². The van der Waals surface area contributed by atoms with Gasteiger partial charge >= 0.3 is 6.09 Å². The Labute approximate surface area is 169 Å². The highest BCUT2D eigenvalue weighted by Crippen LogP contribution is 2.38. The maximum absolute atomic E-state index is 13.0. The Morgan fingerprint density at radius 1 is 1.29 bits per heavy atom. The first-order valence-corrected chi connectivity index (χ1v) is 12.5. The Balaban J connectivity index is 2.34. The van der Waals surface area contributed by atoms with Gasteiger partial charge in [0, 0.05) is 0 Å². The van der Waals surface area contributed by atoms with Gasteiger partial charge in [0.2, 0.25) is 5.91 Å². The van der Waals surface area contributed by atoms with Crippen molar-refractivity contribution in [2.45, 2.75) is 45.0 Å². The molecule has 1 aromatic rings. The van der Waals surface area contributed by atoms with E-state index in [1.165, 1.54) is 0 Å². The summed E-state index contributed by atoms with van der Waals surface area (Å²) in [5.41, 5.74) is 1.02. The molecule has 1 aromatic carbocycles. The van der Waals surface area contributed by atoms with Crippen LogP contribution in [0.15, 0.2) is 49.1 Å². The number of rotatable bonds is 7. The summed E-state index contributed by atoms with van der Waals surface area (Å²) in [6.07, 6.45) is 4.31. The van der Waals surface area contributed by atoms with Crippen molar-refractivity contribution in [1.29, 1.82) is 0 Å². The maximum atomic E-state index is 13.0. The van der Waals surface area contributed by atoms with Gasteiger partial charge in [0.25, 0.3) is 0 Å². The predicted molar refractivity (Wildman–Crippen MR) is 114 cm³/mol. The van der Waals surface area contributed by atoms with Gasteiger partial charge in [0.05, 0.1) is 18.6 Å². The van der Waals surface area contributed by atoms with Gasteiger partial charge in [-0.2, -0.15) is 0 Å². The summed E-state index contributed by atoms with van der Waals surface area (Å²) in [7, 11) is -2.17. The monoisotopic (exact) mass is 401 g/mol. The minimum atomic E-state index is -2.17. The molecule has 2 atom stereocenters. The van der Waals surface area contributed by atoms with Crippen LogP contribution in [0.5, 0.6) is 0 Å². The van der Waals surface area contributed by atoms with E-state index in [2.05, 4.69) is 40.4 Å². The summed E-state index contributed by atoms with van der Waals surface area (Å²) < 4.78 is 11.5. The zero-order valence-corrected chi connectivity index (χ0v) is 18.5. The van der Waals surface area contributed by atoms with Crippen molar-refractivity contribution in [3.05, 3.63) is 54.6 Å². The highest BCUT2D eigenvalue weighted by Gasteiger charge is 2.42. The minimum Gasteiger partial charge on any atom is -0.447 e. The van der Waals surface area contributed by atoms with E-state index in [1.54, 1.807) is 6.08 Å². The number of hydrogen-bond donors (Lipinski definition) is 0. The second kappa shape index (κ2) is 8.88. The number of benzene rings is 1. The number of nitrogens with zero attached hydrogens (tertiary/aromatic N) is 1. The van der Waals surface area contributed by atoms with Crippen molar-refractivity contribution in [2.24, 2.45) is 5.92 Å². The van der Waals surface area contributed by atoms with Gasteiger partial charge in [0.15, 0.2) is 8.32 Å². The third-order valence-corrected chi connectivity index (χ3v) is 9.91. The van der Waals surface area contributed by atoms with Crippen LogP contribution in [0.2, 0.25) is 18.1 Å². The van der Waals surface area contributed by atoms with E-state index in [4.69, 9.17) is 9.16 Å².